The van der Waals surface area contributed by atoms with E-state index in [9.17, 15) is 9.59 Å². The number of fused-ring (bicyclic) bond motifs is 1. The first-order chi connectivity index (χ1) is 14.0. The molecule has 1 heterocycles. The Balaban J connectivity index is 1.61. The molecule has 3 aromatic carbocycles. The highest BCUT2D eigenvalue weighted by atomic mass is 16.5. The summed E-state index contributed by atoms with van der Waals surface area (Å²) < 4.78 is 10.8. The van der Waals surface area contributed by atoms with Crippen LogP contribution in [0.5, 0.6) is 5.75 Å². The molecule has 0 saturated carbocycles. The van der Waals surface area contributed by atoms with Gasteiger partial charge >= 0.3 is 11.6 Å². The standard InChI is InChI=1S/C25H20O4/c1-16-8-9-18(12-17(16)2)13-24(26)28-20-10-11-21-22(19-6-4-3-5-7-19)15-25(27)29-23(21)14-20/h3-12,14-15H,13H2,1-2H3. The molecule has 0 unspecified atom stereocenters. The minimum atomic E-state index is -0.449. The van der Waals surface area contributed by atoms with Crippen LogP contribution in [0.1, 0.15) is 16.7 Å². The molecule has 4 nitrogen and oxygen atoms in total. The smallest absolute Gasteiger partial charge is 0.336 e. The molecule has 0 radical (unpaired) electrons. The molecular formula is C25H20O4. The molecule has 0 N–H and O–H groups in total. The average Bonchev–Trinajstić information content (AvgIpc) is 2.70. The van der Waals surface area contributed by atoms with E-state index in [1.54, 1.807) is 18.2 Å². The Labute approximate surface area is 168 Å². The average molecular weight is 384 g/mol. The Morgan fingerprint density at radius 3 is 2.45 bits per heavy atom. The lowest BCUT2D eigenvalue weighted by Crippen LogP contribution is -2.11. The van der Waals surface area contributed by atoms with Gasteiger partial charge in [-0.3, -0.25) is 4.79 Å². The highest BCUT2D eigenvalue weighted by Crippen LogP contribution is 2.29. The molecule has 4 aromatic rings. The van der Waals surface area contributed by atoms with Gasteiger partial charge in [-0.2, -0.15) is 0 Å². The van der Waals surface area contributed by atoms with Crippen molar-refractivity contribution >= 4 is 16.9 Å². The van der Waals surface area contributed by atoms with Crippen molar-refractivity contribution in [2.24, 2.45) is 0 Å². The van der Waals surface area contributed by atoms with Crippen molar-refractivity contribution < 1.29 is 13.9 Å². The molecule has 1 aromatic heterocycles. The summed E-state index contributed by atoms with van der Waals surface area (Å²) in [5.41, 5.74) is 4.85. The maximum atomic E-state index is 12.4. The summed E-state index contributed by atoms with van der Waals surface area (Å²) in [4.78, 5) is 24.4. The number of hydrogen-bond acceptors (Lipinski definition) is 4. The maximum Gasteiger partial charge on any atom is 0.336 e. The van der Waals surface area contributed by atoms with E-state index in [-0.39, 0.29) is 12.4 Å². The third-order valence-electron chi connectivity index (χ3n) is 4.95. The van der Waals surface area contributed by atoms with Crippen LogP contribution in [0.3, 0.4) is 0 Å². The minimum Gasteiger partial charge on any atom is -0.426 e. The fourth-order valence-electron chi connectivity index (χ4n) is 3.31. The molecule has 4 rings (SSSR count). The second-order valence-corrected chi connectivity index (χ2v) is 7.07. The van der Waals surface area contributed by atoms with Gasteiger partial charge in [0.2, 0.25) is 0 Å². The summed E-state index contributed by atoms with van der Waals surface area (Å²) in [5.74, 6) is -0.0196. The minimum absolute atomic E-state index is 0.174. The summed E-state index contributed by atoms with van der Waals surface area (Å²) >= 11 is 0. The Kier molecular flexibility index (Phi) is 5.00. The molecule has 0 aliphatic heterocycles. The lowest BCUT2D eigenvalue weighted by molar-refractivity contribution is -0.133. The van der Waals surface area contributed by atoms with Crippen molar-refractivity contribution in [2.45, 2.75) is 20.3 Å². The predicted octanol–water partition coefficient (Wildman–Crippen LogP) is 5.22. The van der Waals surface area contributed by atoms with Gasteiger partial charge < -0.3 is 9.15 Å². The predicted molar refractivity (Wildman–Crippen MR) is 113 cm³/mol. The third kappa shape index (κ3) is 4.11. The third-order valence-corrected chi connectivity index (χ3v) is 4.95. The van der Waals surface area contributed by atoms with Gasteiger partial charge in [-0.25, -0.2) is 4.79 Å². The van der Waals surface area contributed by atoms with Crippen LogP contribution in [0.2, 0.25) is 0 Å². The molecule has 4 heteroatoms. The van der Waals surface area contributed by atoms with E-state index in [2.05, 4.69) is 0 Å². The SMILES string of the molecule is Cc1ccc(CC(=O)Oc2ccc3c(-c4ccccc4)cc(=O)oc3c2)cc1C. The van der Waals surface area contributed by atoms with Gasteiger partial charge in [0, 0.05) is 17.5 Å². The van der Waals surface area contributed by atoms with E-state index < -0.39 is 5.63 Å². The molecule has 0 amide bonds. The first kappa shape index (κ1) is 18.7. The molecule has 0 spiro atoms. The molecule has 0 bridgehead atoms. The van der Waals surface area contributed by atoms with Crippen LogP contribution in [0.4, 0.5) is 0 Å². The first-order valence-corrected chi connectivity index (χ1v) is 9.40. The zero-order valence-electron chi connectivity index (χ0n) is 16.3. The quantitative estimate of drug-likeness (QED) is 0.275. The van der Waals surface area contributed by atoms with Gasteiger partial charge in [-0.15, -0.1) is 0 Å². The number of aryl methyl sites for hydroxylation is 2. The van der Waals surface area contributed by atoms with Gasteiger partial charge in [0.25, 0.3) is 0 Å². The monoisotopic (exact) mass is 384 g/mol. The van der Waals surface area contributed by atoms with Gasteiger partial charge in [-0.1, -0.05) is 48.5 Å². The number of benzene rings is 3. The topological polar surface area (TPSA) is 56.5 Å². The molecule has 0 saturated heterocycles. The Bertz CT molecular complexity index is 1250. The summed E-state index contributed by atoms with van der Waals surface area (Å²) in [7, 11) is 0. The first-order valence-electron chi connectivity index (χ1n) is 9.40. The van der Waals surface area contributed by atoms with Crippen LogP contribution < -0.4 is 10.4 Å². The fourth-order valence-corrected chi connectivity index (χ4v) is 3.31. The molecule has 0 aliphatic carbocycles. The van der Waals surface area contributed by atoms with E-state index in [4.69, 9.17) is 9.15 Å². The lowest BCUT2D eigenvalue weighted by atomic mass is 10.0. The number of carbonyl (C=O) groups excluding carboxylic acids is 1. The summed E-state index contributed by atoms with van der Waals surface area (Å²) in [6, 6.07) is 22.1. The van der Waals surface area contributed by atoms with Crippen LogP contribution in [-0.4, -0.2) is 5.97 Å². The second-order valence-electron chi connectivity index (χ2n) is 7.07. The normalized spacial score (nSPS) is 10.8. The van der Waals surface area contributed by atoms with Crippen LogP contribution in [-0.2, 0) is 11.2 Å². The van der Waals surface area contributed by atoms with E-state index in [0.717, 1.165) is 27.6 Å². The number of esters is 1. The molecule has 29 heavy (non-hydrogen) atoms. The van der Waals surface area contributed by atoms with E-state index in [1.807, 2.05) is 62.4 Å². The Hall–Kier alpha value is -3.66. The van der Waals surface area contributed by atoms with E-state index >= 15 is 0 Å². The molecule has 0 atom stereocenters. The zero-order valence-corrected chi connectivity index (χ0v) is 16.3. The van der Waals surface area contributed by atoms with Crippen molar-refractivity contribution in [3.8, 4) is 16.9 Å². The largest absolute Gasteiger partial charge is 0.426 e. The van der Waals surface area contributed by atoms with Crippen molar-refractivity contribution in [3.63, 3.8) is 0 Å². The van der Waals surface area contributed by atoms with Crippen LogP contribution in [0, 0.1) is 13.8 Å². The van der Waals surface area contributed by atoms with Crippen LogP contribution in [0.15, 0.2) is 82.0 Å². The Morgan fingerprint density at radius 1 is 0.897 bits per heavy atom. The van der Waals surface area contributed by atoms with Crippen LogP contribution in [0.25, 0.3) is 22.1 Å². The maximum absolute atomic E-state index is 12.4. The van der Waals surface area contributed by atoms with Crippen molar-refractivity contribution in [3.05, 3.63) is 99.9 Å². The highest BCUT2D eigenvalue weighted by molar-refractivity contribution is 5.94. The zero-order chi connectivity index (χ0) is 20.4. The van der Waals surface area contributed by atoms with Crippen molar-refractivity contribution in [1.29, 1.82) is 0 Å². The second kappa shape index (κ2) is 7.76. The van der Waals surface area contributed by atoms with E-state index in [1.165, 1.54) is 11.6 Å². The number of rotatable bonds is 4. The molecule has 144 valence electrons. The lowest BCUT2D eigenvalue weighted by Gasteiger charge is -2.09. The van der Waals surface area contributed by atoms with Gasteiger partial charge in [0.15, 0.2) is 0 Å². The van der Waals surface area contributed by atoms with Crippen LogP contribution >= 0.6 is 0 Å². The summed E-state index contributed by atoms with van der Waals surface area (Å²) in [6.45, 7) is 4.05. The van der Waals surface area contributed by atoms with Gasteiger partial charge in [-0.05, 0) is 53.8 Å². The van der Waals surface area contributed by atoms with Crippen molar-refractivity contribution in [2.75, 3.05) is 0 Å². The number of carbonyl (C=O) groups is 1. The molecular weight excluding hydrogens is 364 g/mol. The highest BCUT2D eigenvalue weighted by Gasteiger charge is 2.12. The summed E-state index contributed by atoms with van der Waals surface area (Å²) in [5, 5.41) is 0.782. The van der Waals surface area contributed by atoms with Crippen molar-refractivity contribution in [1.82, 2.24) is 0 Å². The fraction of sp³-hybridized carbons (Fsp3) is 0.120. The van der Waals surface area contributed by atoms with Gasteiger partial charge in [0.1, 0.15) is 11.3 Å². The molecule has 0 fully saturated rings. The van der Waals surface area contributed by atoms with E-state index in [0.29, 0.717) is 11.3 Å². The molecule has 0 aliphatic rings. The summed E-state index contributed by atoms with van der Waals surface area (Å²) in [6.07, 6.45) is 0.174. The van der Waals surface area contributed by atoms with Gasteiger partial charge in [0.05, 0.1) is 6.42 Å². The number of hydrogen-bond donors (Lipinski definition) is 0. The Morgan fingerprint density at radius 2 is 1.69 bits per heavy atom. The number of ether oxygens (including phenoxy) is 1.